The molecule has 0 radical (unpaired) electrons. The Bertz CT molecular complexity index is 851. The molecule has 3 rings (SSSR count). The van der Waals surface area contributed by atoms with Gasteiger partial charge >= 0.3 is 0 Å². The molecule has 1 aromatic carbocycles. The molecule has 0 fully saturated rings. The van der Waals surface area contributed by atoms with Gasteiger partial charge in [0.2, 0.25) is 18.6 Å². The van der Waals surface area contributed by atoms with Gasteiger partial charge in [-0.1, -0.05) is 25.1 Å². The van der Waals surface area contributed by atoms with E-state index in [1.165, 1.54) is 0 Å². The van der Waals surface area contributed by atoms with Crippen LogP contribution in [-0.2, 0) is 22.7 Å². The van der Waals surface area contributed by atoms with Gasteiger partial charge in [-0.25, -0.2) is 0 Å². The van der Waals surface area contributed by atoms with E-state index < -0.39 is 0 Å². The second kappa shape index (κ2) is 10.1. The number of hydrogen-bond donors (Lipinski definition) is 0. The van der Waals surface area contributed by atoms with Gasteiger partial charge in [0.05, 0.1) is 6.54 Å². The highest BCUT2D eigenvalue weighted by atomic mass is 32.1. The molecular weight excluding hydrogens is 388 g/mol. The molecule has 0 saturated heterocycles. The summed E-state index contributed by atoms with van der Waals surface area (Å²) in [5, 5.41) is 1.99. The lowest BCUT2D eigenvalue weighted by atomic mass is 10.2. The number of fused-ring (bicyclic) bond motifs is 1. The van der Waals surface area contributed by atoms with E-state index in [9.17, 15) is 9.59 Å². The van der Waals surface area contributed by atoms with Crippen molar-refractivity contribution >= 4 is 23.2 Å². The lowest BCUT2D eigenvalue weighted by Gasteiger charge is -2.27. The third-order valence-corrected chi connectivity index (χ3v) is 5.44. The summed E-state index contributed by atoms with van der Waals surface area (Å²) >= 11 is 1.61. The summed E-state index contributed by atoms with van der Waals surface area (Å²) in [6.07, 6.45) is 2.83. The Balaban J connectivity index is 1.75. The van der Waals surface area contributed by atoms with E-state index in [0.29, 0.717) is 37.6 Å². The number of amides is 2. The maximum atomic E-state index is 13.1. The number of nitrogens with zero attached hydrogens (tertiary/aromatic N) is 2. The highest BCUT2D eigenvalue weighted by molar-refractivity contribution is 7.09. The largest absolute Gasteiger partial charge is 0.454 e. The fourth-order valence-electron chi connectivity index (χ4n) is 3.13. The average molecular weight is 415 g/mol. The average Bonchev–Trinajstić information content (AvgIpc) is 3.38. The van der Waals surface area contributed by atoms with Crippen LogP contribution in [0.1, 0.15) is 30.2 Å². The minimum atomic E-state index is -0.0950. The Kier molecular flexibility index (Phi) is 7.30. The number of carbonyl (C=O) groups excluding carboxylic acids is 2. The van der Waals surface area contributed by atoms with Crippen molar-refractivity contribution in [3.8, 4) is 11.5 Å². The van der Waals surface area contributed by atoms with E-state index in [1.54, 1.807) is 27.2 Å². The predicted octanol–water partition coefficient (Wildman–Crippen LogP) is 3.82. The first-order chi connectivity index (χ1) is 14.1. The summed E-state index contributed by atoms with van der Waals surface area (Å²) in [5.41, 5.74) is 0.953. The molecule has 2 heterocycles. The second-order valence-corrected chi connectivity index (χ2v) is 7.86. The number of hydrogen-bond acceptors (Lipinski definition) is 5. The molecule has 0 unspecified atom stereocenters. The van der Waals surface area contributed by atoms with E-state index in [1.807, 2.05) is 42.6 Å². The van der Waals surface area contributed by atoms with Crippen LogP contribution in [0.15, 0.2) is 48.4 Å². The van der Waals surface area contributed by atoms with Crippen LogP contribution in [-0.4, -0.2) is 41.5 Å². The second-order valence-electron chi connectivity index (χ2n) is 6.83. The summed E-state index contributed by atoms with van der Waals surface area (Å²) in [6.45, 7) is 7.21. The number of thiophene rings is 1. The molecule has 154 valence electrons. The highest BCUT2D eigenvalue weighted by Gasteiger charge is 2.22. The minimum absolute atomic E-state index is 0.0279. The zero-order chi connectivity index (χ0) is 20.6. The Labute approximate surface area is 175 Å². The molecule has 0 spiro atoms. The first-order valence-corrected chi connectivity index (χ1v) is 10.6. The van der Waals surface area contributed by atoms with Crippen molar-refractivity contribution in [1.82, 2.24) is 9.80 Å². The van der Waals surface area contributed by atoms with E-state index >= 15 is 0 Å². The van der Waals surface area contributed by atoms with Crippen molar-refractivity contribution < 1.29 is 19.1 Å². The molecule has 29 heavy (non-hydrogen) atoms. The maximum absolute atomic E-state index is 13.1. The standard InChI is InChI=1S/C22H26N2O4S/c1-3-6-21(25)23(10-4-2)15-22(26)24(14-18-7-5-11-29-18)13-17-8-9-19-20(12-17)28-16-27-19/h4-5,7-9,11-12H,2-3,6,10,13-16H2,1H3. The van der Waals surface area contributed by atoms with Crippen molar-refractivity contribution in [2.75, 3.05) is 19.9 Å². The molecule has 1 aliphatic rings. The van der Waals surface area contributed by atoms with Gasteiger partial charge in [-0.3, -0.25) is 9.59 Å². The SMILES string of the molecule is C=CCN(CC(=O)N(Cc1ccc2c(c1)OCO2)Cc1cccs1)C(=O)CCC. The van der Waals surface area contributed by atoms with Crippen LogP contribution in [0, 0.1) is 0 Å². The van der Waals surface area contributed by atoms with Gasteiger partial charge in [0, 0.05) is 24.4 Å². The third-order valence-electron chi connectivity index (χ3n) is 4.58. The van der Waals surface area contributed by atoms with Crippen LogP contribution in [0.4, 0.5) is 0 Å². The predicted molar refractivity (Wildman–Crippen MR) is 113 cm³/mol. The monoisotopic (exact) mass is 414 g/mol. The van der Waals surface area contributed by atoms with Gasteiger partial charge in [-0.05, 0) is 35.6 Å². The van der Waals surface area contributed by atoms with Crippen LogP contribution < -0.4 is 9.47 Å². The van der Waals surface area contributed by atoms with E-state index in [0.717, 1.165) is 16.9 Å². The topological polar surface area (TPSA) is 59.1 Å². The molecule has 1 aromatic heterocycles. The van der Waals surface area contributed by atoms with Gasteiger partial charge in [0.15, 0.2) is 11.5 Å². The lowest BCUT2D eigenvalue weighted by molar-refractivity contribution is -0.140. The zero-order valence-corrected chi connectivity index (χ0v) is 17.5. The van der Waals surface area contributed by atoms with Gasteiger partial charge in [-0.15, -0.1) is 17.9 Å². The minimum Gasteiger partial charge on any atom is -0.454 e. The first-order valence-electron chi connectivity index (χ1n) is 9.68. The molecule has 0 aliphatic carbocycles. The number of benzene rings is 1. The fourth-order valence-corrected chi connectivity index (χ4v) is 3.85. The van der Waals surface area contributed by atoms with Crippen LogP contribution in [0.2, 0.25) is 0 Å². The fraction of sp³-hybridized carbons (Fsp3) is 0.364. The van der Waals surface area contributed by atoms with E-state index in [4.69, 9.17) is 9.47 Å². The number of rotatable bonds is 10. The molecule has 0 N–H and O–H groups in total. The summed E-state index contributed by atoms with van der Waals surface area (Å²) in [5.74, 6) is 1.28. The molecule has 0 atom stereocenters. The molecule has 0 saturated carbocycles. The zero-order valence-electron chi connectivity index (χ0n) is 16.6. The lowest BCUT2D eigenvalue weighted by Crippen LogP contribution is -2.42. The molecule has 7 heteroatoms. The third kappa shape index (κ3) is 5.60. The summed E-state index contributed by atoms with van der Waals surface area (Å²) < 4.78 is 10.8. The highest BCUT2D eigenvalue weighted by Crippen LogP contribution is 2.33. The summed E-state index contributed by atoms with van der Waals surface area (Å²) in [4.78, 5) is 30.0. The van der Waals surface area contributed by atoms with Gasteiger partial charge < -0.3 is 19.3 Å². The molecular formula is C22H26N2O4S. The van der Waals surface area contributed by atoms with Crippen LogP contribution in [0.5, 0.6) is 11.5 Å². The van der Waals surface area contributed by atoms with Crippen LogP contribution in [0.25, 0.3) is 0 Å². The Morgan fingerprint density at radius 2 is 1.97 bits per heavy atom. The van der Waals surface area contributed by atoms with E-state index in [2.05, 4.69) is 6.58 Å². The normalized spacial score (nSPS) is 11.9. The Hall–Kier alpha value is -2.80. The molecule has 6 nitrogen and oxygen atoms in total. The van der Waals surface area contributed by atoms with Crippen LogP contribution >= 0.6 is 11.3 Å². The van der Waals surface area contributed by atoms with Crippen molar-refractivity contribution in [3.05, 3.63) is 58.8 Å². The van der Waals surface area contributed by atoms with Crippen molar-refractivity contribution in [2.24, 2.45) is 0 Å². The molecule has 2 aromatic rings. The molecule has 2 amide bonds. The van der Waals surface area contributed by atoms with Crippen molar-refractivity contribution in [2.45, 2.75) is 32.9 Å². The smallest absolute Gasteiger partial charge is 0.242 e. The van der Waals surface area contributed by atoms with Crippen molar-refractivity contribution in [1.29, 1.82) is 0 Å². The Morgan fingerprint density at radius 1 is 1.14 bits per heavy atom. The number of ether oxygens (including phenoxy) is 2. The first kappa shape index (κ1) is 20.9. The number of carbonyl (C=O) groups is 2. The summed E-state index contributed by atoms with van der Waals surface area (Å²) in [6, 6.07) is 9.68. The van der Waals surface area contributed by atoms with Gasteiger partial charge in [0.1, 0.15) is 6.54 Å². The van der Waals surface area contributed by atoms with Crippen molar-refractivity contribution in [3.63, 3.8) is 0 Å². The van der Waals surface area contributed by atoms with E-state index in [-0.39, 0.29) is 25.2 Å². The maximum Gasteiger partial charge on any atom is 0.242 e. The molecule has 1 aliphatic heterocycles. The van der Waals surface area contributed by atoms with Crippen LogP contribution in [0.3, 0.4) is 0 Å². The quantitative estimate of drug-likeness (QED) is 0.555. The van der Waals surface area contributed by atoms with Gasteiger partial charge in [0.25, 0.3) is 0 Å². The Morgan fingerprint density at radius 3 is 2.69 bits per heavy atom. The summed E-state index contributed by atoms with van der Waals surface area (Å²) in [7, 11) is 0. The molecule has 0 bridgehead atoms. The van der Waals surface area contributed by atoms with Gasteiger partial charge in [-0.2, -0.15) is 0 Å².